The molecule has 0 aliphatic carbocycles. The largest absolute Gasteiger partial charge is 0.494 e. The highest BCUT2D eigenvalue weighted by Gasteiger charge is 2.08. The van der Waals surface area contributed by atoms with Gasteiger partial charge < -0.3 is 10.5 Å². The van der Waals surface area contributed by atoms with Gasteiger partial charge >= 0.3 is 0 Å². The number of halogens is 1. The average molecular weight is 289 g/mol. The van der Waals surface area contributed by atoms with E-state index in [0.717, 1.165) is 22.3 Å². The Labute approximate surface area is 120 Å². The first-order valence-electron chi connectivity index (χ1n) is 6.08. The van der Waals surface area contributed by atoms with Gasteiger partial charge in [0.2, 0.25) is 0 Å². The van der Waals surface area contributed by atoms with E-state index in [4.69, 9.17) is 22.1 Å². The molecule has 2 heterocycles. The molecule has 20 heavy (non-hydrogen) atoms. The molecule has 0 saturated heterocycles. The molecule has 0 spiro atoms. The van der Waals surface area contributed by atoms with Crippen LogP contribution in [0.25, 0.3) is 10.9 Å². The lowest BCUT2D eigenvalue weighted by Crippen LogP contribution is -2.07. The molecule has 0 fully saturated rings. The van der Waals surface area contributed by atoms with Gasteiger partial charge in [-0.1, -0.05) is 29.8 Å². The van der Waals surface area contributed by atoms with E-state index in [2.05, 4.69) is 10.1 Å². The van der Waals surface area contributed by atoms with Gasteiger partial charge in [-0.25, -0.2) is 9.67 Å². The zero-order chi connectivity index (χ0) is 14.1. The standard InChI is InChI=1S/C14H13ClN4O/c1-20-12-4-2-3-9-5-6-10(18-13(9)12)8-19-14(16)11(15)7-17-19/h2-7H,8,16H2,1H3. The van der Waals surface area contributed by atoms with Gasteiger partial charge in [-0.05, 0) is 12.1 Å². The molecule has 3 rings (SSSR count). The number of methoxy groups -OCH3 is 1. The zero-order valence-corrected chi connectivity index (χ0v) is 11.6. The van der Waals surface area contributed by atoms with E-state index in [0.29, 0.717) is 17.4 Å². The predicted molar refractivity (Wildman–Crippen MR) is 79.0 cm³/mol. The Morgan fingerprint density at radius 3 is 2.85 bits per heavy atom. The van der Waals surface area contributed by atoms with Gasteiger partial charge in [-0.15, -0.1) is 0 Å². The molecule has 2 aromatic heterocycles. The lowest BCUT2D eigenvalue weighted by Gasteiger charge is -2.08. The molecule has 0 aliphatic rings. The topological polar surface area (TPSA) is 66.0 Å². The van der Waals surface area contributed by atoms with Crippen molar-refractivity contribution in [3.05, 3.63) is 47.2 Å². The SMILES string of the molecule is COc1cccc2ccc(Cn3ncc(Cl)c3N)nc12. The molecule has 0 amide bonds. The van der Waals surface area contributed by atoms with Crippen molar-refractivity contribution in [3.63, 3.8) is 0 Å². The Hall–Kier alpha value is -2.27. The number of hydrogen-bond acceptors (Lipinski definition) is 4. The van der Waals surface area contributed by atoms with Gasteiger partial charge in [0.15, 0.2) is 0 Å². The third kappa shape index (κ3) is 2.16. The number of aromatic nitrogens is 3. The first-order chi connectivity index (χ1) is 9.69. The van der Waals surface area contributed by atoms with E-state index < -0.39 is 0 Å². The maximum Gasteiger partial charge on any atom is 0.145 e. The van der Waals surface area contributed by atoms with Crippen LogP contribution in [0.2, 0.25) is 5.02 Å². The van der Waals surface area contributed by atoms with Crippen molar-refractivity contribution in [1.82, 2.24) is 14.8 Å². The molecule has 1 aromatic carbocycles. The number of rotatable bonds is 3. The highest BCUT2D eigenvalue weighted by Crippen LogP contribution is 2.24. The number of benzene rings is 1. The van der Waals surface area contributed by atoms with Crippen LogP contribution < -0.4 is 10.5 Å². The Morgan fingerprint density at radius 1 is 1.30 bits per heavy atom. The Morgan fingerprint density at radius 2 is 2.15 bits per heavy atom. The summed E-state index contributed by atoms with van der Waals surface area (Å²) in [5, 5.41) is 5.60. The minimum absolute atomic E-state index is 0.439. The van der Waals surface area contributed by atoms with E-state index in [1.54, 1.807) is 11.8 Å². The summed E-state index contributed by atoms with van der Waals surface area (Å²) >= 11 is 5.89. The smallest absolute Gasteiger partial charge is 0.145 e. The van der Waals surface area contributed by atoms with Crippen molar-refractivity contribution in [1.29, 1.82) is 0 Å². The molecule has 0 bridgehead atoms. The fraction of sp³-hybridized carbons (Fsp3) is 0.143. The molecule has 2 N–H and O–H groups in total. The second kappa shape index (κ2) is 5.02. The van der Waals surface area contributed by atoms with E-state index in [-0.39, 0.29) is 0 Å². The van der Waals surface area contributed by atoms with Gasteiger partial charge in [-0.3, -0.25) is 0 Å². The van der Waals surface area contributed by atoms with Crippen LogP contribution in [0, 0.1) is 0 Å². The van der Waals surface area contributed by atoms with Crippen molar-refractivity contribution in [3.8, 4) is 5.75 Å². The summed E-state index contributed by atoms with van der Waals surface area (Å²) in [7, 11) is 1.63. The van der Waals surface area contributed by atoms with Crippen LogP contribution in [0.15, 0.2) is 36.5 Å². The highest BCUT2D eigenvalue weighted by molar-refractivity contribution is 6.32. The Balaban J connectivity index is 2.02. The van der Waals surface area contributed by atoms with Crippen LogP contribution in [0.1, 0.15) is 5.69 Å². The van der Waals surface area contributed by atoms with Gasteiger partial charge in [0.25, 0.3) is 0 Å². The number of nitrogens with two attached hydrogens (primary N) is 1. The molecule has 3 aromatic rings. The van der Waals surface area contributed by atoms with Gasteiger partial charge in [0, 0.05) is 5.39 Å². The molecular formula is C14H13ClN4O. The minimum Gasteiger partial charge on any atom is -0.494 e. The van der Waals surface area contributed by atoms with Crippen LogP contribution in [0.3, 0.4) is 0 Å². The molecule has 102 valence electrons. The van der Waals surface area contributed by atoms with Crippen molar-refractivity contribution in [2.75, 3.05) is 12.8 Å². The van der Waals surface area contributed by atoms with Crippen molar-refractivity contribution >= 4 is 28.3 Å². The molecule has 0 radical (unpaired) electrons. The van der Waals surface area contributed by atoms with Crippen molar-refractivity contribution in [2.45, 2.75) is 6.54 Å². The number of nitrogens with zero attached hydrogens (tertiary/aromatic N) is 3. The van der Waals surface area contributed by atoms with Crippen LogP contribution in [0.5, 0.6) is 5.75 Å². The van der Waals surface area contributed by atoms with E-state index in [9.17, 15) is 0 Å². The summed E-state index contributed by atoms with van der Waals surface area (Å²) in [5.41, 5.74) is 7.50. The summed E-state index contributed by atoms with van der Waals surface area (Å²) < 4.78 is 6.95. The minimum atomic E-state index is 0.439. The van der Waals surface area contributed by atoms with Crippen LogP contribution in [-0.2, 0) is 6.54 Å². The van der Waals surface area contributed by atoms with E-state index in [1.165, 1.54) is 6.20 Å². The van der Waals surface area contributed by atoms with Gasteiger partial charge in [0.1, 0.15) is 22.1 Å². The second-order valence-electron chi connectivity index (χ2n) is 4.37. The van der Waals surface area contributed by atoms with E-state index >= 15 is 0 Å². The molecule has 0 atom stereocenters. The quantitative estimate of drug-likeness (QED) is 0.805. The van der Waals surface area contributed by atoms with Crippen LogP contribution in [0.4, 0.5) is 5.82 Å². The normalized spacial score (nSPS) is 10.9. The first-order valence-corrected chi connectivity index (χ1v) is 6.46. The Kier molecular flexibility index (Phi) is 3.20. The Bertz CT molecular complexity index is 769. The summed E-state index contributed by atoms with van der Waals surface area (Å²) in [5.74, 6) is 1.18. The summed E-state index contributed by atoms with van der Waals surface area (Å²) in [6.07, 6.45) is 1.53. The highest BCUT2D eigenvalue weighted by atomic mass is 35.5. The fourth-order valence-electron chi connectivity index (χ4n) is 2.06. The first kappa shape index (κ1) is 12.7. The molecule has 5 nitrogen and oxygen atoms in total. The number of para-hydroxylation sites is 1. The lowest BCUT2D eigenvalue weighted by molar-refractivity contribution is 0.418. The fourth-order valence-corrected chi connectivity index (χ4v) is 2.21. The maximum absolute atomic E-state index is 5.89. The number of ether oxygens (including phenoxy) is 1. The van der Waals surface area contributed by atoms with Gasteiger partial charge in [-0.2, -0.15) is 5.10 Å². The third-order valence-corrected chi connectivity index (χ3v) is 3.40. The number of hydrogen-bond donors (Lipinski definition) is 1. The summed E-state index contributed by atoms with van der Waals surface area (Å²) in [6.45, 7) is 0.465. The molecule has 0 saturated carbocycles. The number of pyridine rings is 1. The van der Waals surface area contributed by atoms with Crippen molar-refractivity contribution < 1.29 is 4.74 Å². The van der Waals surface area contributed by atoms with E-state index in [1.807, 2.05) is 30.3 Å². The number of nitrogen functional groups attached to an aromatic ring is 1. The maximum atomic E-state index is 5.89. The summed E-state index contributed by atoms with van der Waals surface area (Å²) in [6, 6.07) is 9.76. The number of fused-ring (bicyclic) bond motifs is 1. The van der Waals surface area contributed by atoms with Crippen molar-refractivity contribution in [2.24, 2.45) is 0 Å². The zero-order valence-electron chi connectivity index (χ0n) is 10.9. The molecule has 6 heteroatoms. The third-order valence-electron chi connectivity index (χ3n) is 3.11. The van der Waals surface area contributed by atoms with Crippen LogP contribution >= 0.6 is 11.6 Å². The number of anilines is 1. The monoisotopic (exact) mass is 288 g/mol. The van der Waals surface area contributed by atoms with Crippen LogP contribution in [-0.4, -0.2) is 21.9 Å². The molecular weight excluding hydrogens is 276 g/mol. The molecule has 0 aliphatic heterocycles. The lowest BCUT2D eigenvalue weighted by atomic mass is 10.2. The second-order valence-corrected chi connectivity index (χ2v) is 4.78. The van der Waals surface area contributed by atoms with Gasteiger partial charge in [0.05, 0.1) is 25.5 Å². The molecule has 0 unspecified atom stereocenters. The predicted octanol–water partition coefficient (Wildman–Crippen LogP) is 2.72. The average Bonchev–Trinajstić information content (AvgIpc) is 2.78. The summed E-state index contributed by atoms with van der Waals surface area (Å²) in [4.78, 5) is 4.61.